The lowest BCUT2D eigenvalue weighted by Crippen LogP contribution is -2.17. The third-order valence-electron chi connectivity index (χ3n) is 2.96. The van der Waals surface area contributed by atoms with Crippen LogP contribution in [0.5, 0.6) is 11.5 Å². The van der Waals surface area contributed by atoms with Crippen LogP contribution >= 0.6 is 27.7 Å². The summed E-state index contributed by atoms with van der Waals surface area (Å²) in [6.07, 6.45) is 1.54. The molecular formula is C16H9BrFNO3S. The van der Waals surface area contributed by atoms with Crippen molar-refractivity contribution in [3.05, 3.63) is 63.2 Å². The molecule has 1 fully saturated rings. The minimum atomic E-state index is -0.509. The number of nitrogens with one attached hydrogen (secondary N) is 1. The SMILES string of the molecule is O=C1NC(=O)C(=Cc2ccccc2Oc2ccc(Br)cc2F)S1. The van der Waals surface area contributed by atoms with E-state index >= 15 is 0 Å². The highest BCUT2D eigenvalue weighted by atomic mass is 79.9. The van der Waals surface area contributed by atoms with Gasteiger partial charge in [0.1, 0.15) is 5.75 Å². The maximum Gasteiger partial charge on any atom is 0.290 e. The lowest BCUT2D eigenvalue weighted by molar-refractivity contribution is -0.115. The lowest BCUT2D eigenvalue weighted by Gasteiger charge is -2.10. The Morgan fingerprint density at radius 2 is 1.91 bits per heavy atom. The molecular weight excluding hydrogens is 385 g/mol. The van der Waals surface area contributed by atoms with Gasteiger partial charge >= 0.3 is 0 Å². The molecule has 0 aliphatic carbocycles. The Morgan fingerprint density at radius 1 is 1.13 bits per heavy atom. The second-order valence-electron chi connectivity index (χ2n) is 4.57. The number of amides is 2. The maximum absolute atomic E-state index is 13.9. The quantitative estimate of drug-likeness (QED) is 0.767. The van der Waals surface area contributed by atoms with Crippen molar-refractivity contribution in [3.63, 3.8) is 0 Å². The van der Waals surface area contributed by atoms with Gasteiger partial charge in [-0.3, -0.25) is 14.9 Å². The van der Waals surface area contributed by atoms with E-state index in [1.807, 2.05) is 0 Å². The number of benzene rings is 2. The molecule has 0 aromatic heterocycles. The molecule has 1 heterocycles. The number of thioether (sulfide) groups is 1. The number of hydrogen-bond acceptors (Lipinski definition) is 4. The van der Waals surface area contributed by atoms with Crippen molar-refractivity contribution in [1.82, 2.24) is 5.32 Å². The number of rotatable bonds is 3. The third kappa shape index (κ3) is 3.62. The van der Waals surface area contributed by atoms with Crippen LogP contribution in [0.3, 0.4) is 0 Å². The number of para-hydroxylation sites is 1. The maximum atomic E-state index is 13.9. The molecule has 0 radical (unpaired) electrons. The van der Waals surface area contributed by atoms with E-state index in [0.29, 0.717) is 15.8 Å². The molecule has 2 amide bonds. The Morgan fingerprint density at radius 3 is 2.61 bits per heavy atom. The van der Waals surface area contributed by atoms with Crippen LogP contribution in [-0.2, 0) is 4.79 Å². The summed E-state index contributed by atoms with van der Waals surface area (Å²) in [7, 11) is 0. The lowest BCUT2D eigenvalue weighted by atomic mass is 10.2. The normalized spacial score (nSPS) is 15.8. The van der Waals surface area contributed by atoms with Crippen LogP contribution in [0, 0.1) is 5.82 Å². The van der Waals surface area contributed by atoms with Gasteiger partial charge in [0.15, 0.2) is 11.6 Å². The van der Waals surface area contributed by atoms with Gasteiger partial charge in [0.2, 0.25) is 0 Å². The first-order valence-electron chi connectivity index (χ1n) is 6.50. The zero-order valence-electron chi connectivity index (χ0n) is 11.5. The summed E-state index contributed by atoms with van der Waals surface area (Å²) in [5.74, 6) is -0.512. The van der Waals surface area contributed by atoms with Gasteiger partial charge in [-0.15, -0.1) is 0 Å². The Bertz CT molecular complexity index is 838. The van der Waals surface area contributed by atoms with Crippen molar-refractivity contribution >= 4 is 44.9 Å². The fourth-order valence-corrected chi connectivity index (χ4v) is 2.94. The summed E-state index contributed by atoms with van der Waals surface area (Å²) >= 11 is 4.00. The van der Waals surface area contributed by atoms with Crippen LogP contribution in [-0.4, -0.2) is 11.1 Å². The van der Waals surface area contributed by atoms with Crippen molar-refractivity contribution in [2.45, 2.75) is 0 Å². The summed E-state index contributed by atoms with van der Waals surface area (Å²) in [4.78, 5) is 23.1. The molecule has 2 aromatic rings. The molecule has 0 unspecified atom stereocenters. The Kier molecular flexibility index (Phi) is 4.49. The zero-order chi connectivity index (χ0) is 16.4. The van der Waals surface area contributed by atoms with Gasteiger partial charge in [-0.2, -0.15) is 0 Å². The van der Waals surface area contributed by atoms with E-state index in [0.717, 1.165) is 11.8 Å². The average molecular weight is 394 g/mol. The zero-order valence-corrected chi connectivity index (χ0v) is 13.9. The van der Waals surface area contributed by atoms with Crippen molar-refractivity contribution < 1.29 is 18.7 Å². The molecule has 1 aliphatic heterocycles. The molecule has 3 rings (SSSR count). The molecule has 1 N–H and O–H groups in total. The standard InChI is InChI=1S/C16H9BrFNO3S/c17-10-5-6-13(11(18)8-10)22-12-4-2-1-3-9(12)7-14-15(20)19-16(21)23-14/h1-8H,(H,19,20,21). The average Bonchev–Trinajstić information content (AvgIpc) is 2.82. The van der Waals surface area contributed by atoms with Crippen molar-refractivity contribution in [2.24, 2.45) is 0 Å². The van der Waals surface area contributed by atoms with Crippen molar-refractivity contribution in [3.8, 4) is 11.5 Å². The van der Waals surface area contributed by atoms with E-state index < -0.39 is 17.0 Å². The highest BCUT2D eigenvalue weighted by molar-refractivity contribution is 9.10. The third-order valence-corrected chi connectivity index (χ3v) is 4.27. The van der Waals surface area contributed by atoms with Crippen LogP contribution in [0.15, 0.2) is 51.8 Å². The molecule has 0 spiro atoms. The first kappa shape index (κ1) is 15.8. The van der Waals surface area contributed by atoms with Gasteiger partial charge in [0.25, 0.3) is 11.1 Å². The number of imide groups is 1. The number of hydrogen-bond donors (Lipinski definition) is 1. The minimum absolute atomic E-state index is 0.0682. The highest BCUT2D eigenvalue weighted by Crippen LogP contribution is 2.32. The fourth-order valence-electron chi connectivity index (χ4n) is 1.93. The molecule has 1 saturated heterocycles. The topological polar surface area (TPSA) is 55.4 Å². The molecule has 116 valence electrons. The predicted octanol–water partition coefficient (Wildman–Crippen LogP) is 4.70. The van der Waals surface area contributed by atoms with Gasteiger partial charge in [-0.25, -0.2) is 4.39 Å². The largest absolute Gasteiger partial charge is 0.454 e. The van der Waals surface area contributed by atoms with Crippen LogP contribution in [0.4, 0.5) is 9.18 Å². The smallest absolute Gasteiger partial charge is 0.290 e. The predicted molar refractivity (Wildman–Crippen MR) is 89.7 cm³/mol. The summed E-state index contributed by atoms with van der Waals surface area (Å²) < 4.78 is 20.1. The highest BCUT2D eigenvalue weighted by Gasteiger charge is 2.25. The van der Waals surface area contributed by atoms with E-state index in [9.17, 15) is 14.0 Å². The Labute approximate surface area is 143 Å². The molecule has 7 heteroatoms. The summed E-state index contributed by atoms with van der Waals surface area (Å²) in [6.45, 7) is 0. The van der Waals surface area contributed by atoms with Gasteiger partial charge in [0.05, 0.1) is 4.91 Å². The van der Waals surface area contributed by atoms with Gasteiger partial charge < -0.3 is 4.74 Å². The number of halogens is 2. The van der Waals surface area contributed by atoms with Gasteiger partial charge in [-0.1, -0.05) is 34.1 Å². The second kappa shape index (κ2) is 6.55. The van der Waals surface area contributed by atoms with Crippen molar-refractivity contribution in [1.29, 1.82) is 0 Å². The fraction of sp³-hybridized carbons (Fsp3) is 0. The minimum Gasteiger partial charge on any atom is -0.454 e. The summed E-state index contributed by atoms with van der Waals surface area (Å²) in [5.41, 5.74) is 0.571. The van der Waals surface area contributed by atoms with Crippen molar-refractivity contribution in [2.75, 3.05) is 0 Å². The van der Waals surface area contributed by atoms with Crippen LogP contribution in [0.25, 0.3) is 6.08 Å². The molecule has 0 bridgehead atoms. The summed E-state index contributed by atoms with van der Waals surface area (Å²) in [6, 6.07) is 11.3. The molecule has 0 atom stereocenters. The van der Waals surface area contributed by atoms with Crippen LogP contribution < -0.4 is 10.1 Å². The number of carbonyl (C=O) groups is 2. The molecule has 23 heavy (non-hydrogen) atoms. The first-order valence-corrected chi connectivity index (χ1v) is 8.10. The monoisotopic (exact) mass is 393 g/mol. The van der Waals surface area contributed by atoms with E-state index in [1.54, 1.807) is 30.3 Å². The number of carbonyl (C=O) groups excluding carboxylic acids is 2. The molecule has 2 aromatic carbocycles. The van der Waals surface area contributed by atoms with Crippen LogP contribution in [0.1, 0.15) is 5.56 Å². The Hall–Kier alpha value is -2.12. The van der Waals surface area contributed by atoms with E-state index in [1.165, 1.54) is 18.2 Å². The number of ether oxygens (including phenoxy) is 1. The van der Waals surface area contributed by atoms with E-state index in [-0.39, 0.29) is 10.7 Å². The second-order valence-corrected chi connectivity index (χ2v) is 6.50. The Balaban J connectivity index is 1.94. The van der Waals surface area contributed by atoms with Gasteiger partial charge in [0, 0.05) is 10.0 Å². The van der Waals surface area contributed by atoms with E-state index in [4.69, 9.17) is 4.74 Å². The molecule has 1 aliphatic rings. The summed E-state index contributed by atoms with van der Waals surface area (Å²) in [5, 5.41) is 1.76. The first-order chi connectivity index (χ1) is 11.0. The van der Waals surface area contributed by atoms with Crippen LogP contribution in [0.2, 0.25) is 0 Å². The molecule has 4 nitrogen and oxygen atoms in total. The van der Waals surface area contributed by atoms with Gasteiger partial charge in [-0.05, 0) is 42.1 Å². The molecule has 0 saturated carbocycles. The van der Waals surface area contributed by atoms with E-state index in [2.05, 4.69) is 21.2 Å².